The summed E-state index contributed by atoms with van der Waals surface area (Å²) in [6, 6.07) is 1.28. The number of amides is 2. The van der Waals surface area contributed by atoms with Crippen LogP contribution in [0.3, 0.4) is 0 Å². The lowest BCUT2D eigenvalue weighted by molar-refractivity contribution is -0.133. The van der Waals surface area contributed by atoms with Crippen LogP contribution in [0.2, 0.25) is 0 Å². The largest absolute Gasteiger partial charge is 0.353 e. The number of aromatic nitrogens is 2. The van der Waals surface area contributed by atoms with Crippen LogP contribution in [0.4, 0.5) is 11.8 Å². The fraction of sp³-hybridized carbons (Fsp3) is 0.647. The molecule has 0 spiro atoms. The molecule has 2 rings (SSSR count). The van der Waals surface area contributed by atoms with Crippen LogP contribution < -0.4 is 20.9 Å². The van der Waals surface area contributed by atoms with Gasteiger partial charge in [-0.15, -0.1) is 0 Å². The predicted molar refractivity (Wildman–Crippen MR) is 101 cm³/mol. The van der Waals surface area contributed by atoms with E-state index in [1.54, 1.807) is 11.1 Å². The Bertz CT molecular complexity index is 627. The van der Waals surface area contributed by atoms with Crippen molar-refractivity contribution < 1.29 is 9.59 Å². The zero-order valence-electron chi connectivity index (χ0n) is 16.0. The lowest BCUT2D eigenvalue weighted by atomic mass is 10.1. The van der Waals surface area contributed by atoms with E-state index in [0.717, 1.165) is 5.82 Å². The maximum absolute atomic E-state index is 12.3. The van der Waals surface area contributed by atoms with Crippen molar-refractivity contribution in [1.82, 2.24) is 20.2 Å². The summed E-state index contributed by atoms with van der Waals surface area (Å²) < 4.78 is 0. The highest BCUT2D eigenvalue weighted by Crippen LogP contribution is 2.15. The molecule has 0 saturated carbocycles. The standard InChI is InChI=1S/C17H29N7O2/c1-12(2)15(18)16(26)20-11-14(25)24-9-7-23(8-10-24)13-5-6-19-17(21-13)22(3)4/h5-6,12,15H,7-11,18H2,1-4H3,(H,20,26)/t15-/m0/s1. The Morgan fingerprint density at radius 1 is 1.27 bits per heavy atom. The number of piperazine rings is 1. The van der Waals surface area contributed by atoms with E-state index in [2.05, 4.69) is 20.2 Å². The highest BCUT2D eigenvalue weighted by Gasteiger charge is 2.24. The number of nitrogens with two attached hydrogens (primary N) is 1. The van der Waals surface area contributed by atoms with Gasteiger partial charge >= 0.3 is 0 Å². The van der Waals surface area contributed by atoms with E-state index < -0.39 is 6.04 Å². The molecule has 1 saturated heterocycles. The second-order valence-electron chi connectivity index (χ2n) is 6.96. The summed E-state index contributed by atoms with van der Waals surface area (Å²) in [6.45, 7) is 6.29. The van der Waals surface area contributed by atoms with Crippen LogP contribution in [0.1, 0.15) is 13.8 Å². The second-order valence-corrected chi connectivity index (χ2v) is 6.96. The number of carbonyl (C=O) groups excluding carboxylic acids is 2. The van der Waals surface area contributed by atoms with E-state index >= 15 is 0 Å². The molecule has 2 heterocycles. The molecule has 0 bridgehead atoms. The average Bonchev–Trinajstić information content (AvgIpc) is 2.65. The van der Waals surface area contributed by atoms with Gasteiger partial charge in [0.15, 0.2) is 0 Å². The number of nitrogens with one attached hydrogen (secondary N) is 1. The monoisotopic (exact) mass is 363 g/mol. The minimum Gasteiger partial charge on any atom is -0.353 e. The molecular formula is C17H29N7O2. The Morgan fingerprint density at radius 2 is 1.92 bits per heavy atom. The number of hydrogen-bond donors (Lipinski definition) is 2. The molecule has 0 radical (unpaired) electrons. The third kappa shape index (κ3) is 5.04. The van der Waals surface area contributed by atoms with Crippen LogP contribution in [0, 0.1) is 5.92 Å². The third-order valence-corrected chi connectivity index (χ3v) is 4.42. The van der Waals surface area contributed by atoms with Gasteiger partial charge in [0.2, 0.25) is 17.8 Å². The van der Waals surface area contributed by atoms with E-state index in [4.69, 9.17) is 5.73 Å². The van der Waals surface area contributed by atoms with E-state index in [1.807, 2.05) is 38.9 Å². The molecule has 1 fully saturated rings. The molecule has 9 nitrogen and oxygen atoms in total. The summed E-state index contributed by atoms with van der Waals surface area (Å²) >= 11 is 0. The van der Waals surface area contributed by atoms with Crippen LogP contribution in [-0.2, 0) is 9.59 Å². The van der Waals surface area contributed by atoms with Gasteiger partial charge in [0.1, 0.15) is 5.82 Å². The molecule has 26 heavy (non-hydrogen) atoms. The van der Waals surface area contributed by atoms with Gasteiger partial charge in [0.05, 0.1) is 12.6 Å². The molecule has 3 N–H and O–H groups in total. The molecule has 1 aromatic heterocycles. The highest BCUT2D eigenvalue weighted by molar-refractivity contribution is 5.87. The van der Waals surface area contributed by atoms with Crippen molar-refractivity contribution in [3.05, 3.63) is 12.3 Å². The van der Waals surface area contributed by atoms with E-state index in [-0.39, 0.29) is 24.3 Å². The van der Waals surface area contributed by atoms with Gasteiger partial charge in [-0.2, -0.15) is 4.98 Å². The molecule has 0 unspecified atom stereocenters. The third-order valence-electron chi connectivity index (χ3n) is 4.42. The van der Waals surface area contributed by atoms with Crippen LogP contribution in [0.15, 0.2) is 12.3 Å². The minimum atomic E-state index is -0.594. The first-order valence-corrected chi connectivity index (χ1v) is 8.86. The minimum absolute atomic E-state index is 0.0163. The molecule has 1 atom stereocenters. The van der Waals surface area contributed by atoms with Crippen molar-refractivity contribution >= 4 is 23.6 Å². The van der Waals surface area contributed by atoms with Gasteiger partial charge in [-0.1, -0.05) is 13.8 Å². The van der Waals surface area contributed by atoms with E-state index in [9.17, 15) is 9.59 Å². The summed E-state index contributed by atoms with van der Waals surface area (Å²) in [4.78, 5) is 38.6. The van der Waals surface area contributed by atoms with Crippen molar-refractivity contribution in [2.75, 3.05) is 56.6 Å². The van der Waals surface area contributed by atoms with Crippen molar-refractivity contribution in [2.24, 2.45) is 11.7 Å². The molecule has 0 aliphatic carbocycles. The summed E-state index contributed by atoms with van der Waals surface area (Å²) in [7, 11) is 3.80. The Morgan fingerprint density at radius 3 is 2.50 bits per heavy atom. The number of nitrogens with zero attached hydrogens (tertiary/aromatic N) is 5. The Hall–Kier alpha value is -2.42. The quantitative estimate of drug-likeness (QED) is 0.687. The maximum Gasteiger partial charge on any atom is 0.242 e. The number of anilines is 2. The topological polar surface area (TPSA) is 108 Å². The summed E-state index contributed by atoms with van der Waals surface area (Å²) in [5, 5.41) is 2.63. The van der Waals surface area contributed by atoms with Gasteiger partial charge in [-0.25, -0.2) is 4.98 Å². The van der Waals surface area contributed by atoms with E-state index in [0.29, 0.717) is 32.1 Å². The van der Waals surface area contributed by atoms with Crippen molar-refractivity contribution in [3.63, 3.8) is 0 Å². The first-order chi connectivity index (χ1) is 12.3. The van der Waals surface area contributed by atoms with Gasteiger partial charge in [-0.05, 0) is 12.0 Å². The van der Waals surface area contributed by atoms with Crippen LogP contribution >= 0.6 is 0 Å². The smallest absolute Gasteiger partial charge is 0.242 e. The van der Waals surface area contributed by atoms with Gasteiger partial charge in [-0.3, -0.25) is 9.59 Å². The van der Waals surface area contributed by atoms with Crippen LogP contribution in [0.5, 0.6) is 0 Å². The molecule has 1 aliphatic rings. The summed E-state index contributed by atoms with van der Waals surface area (Å²) in [5.74, 6) is 1.17. The highest BCUT2D eigenvalue weighted by atomic mass is 16.2. The molecule has 0 aromatic carbocycles. The van der Waals surface area contributed by atoms with Crippen LogP contribution in [-0.4, -0.2) is 79.5 Å². The molecular weight excluding hydrogens is 334 g/mol. The zero-order chi connectivity index (χ0) is 19.3. The molecule has 1 aromatic rings. The molecule has 1 aliphatic heterocycles. The lowest BCUT2D eigenvalue weighted by Gasteiger charge is -2.35. The molecule has 2 amide bonds. The van der Waals surface area contributed by atoms with Crippen LogP contribution in [0.25, 0.3) is 0 Å². The maximum atomic E-state index is 12.3. The SMILES string of the molecule is CC(C)[C@H](N)C(=O)NCC(=O)N1CCN(c2ccnc(N(C)C)n2)CC1. The fourth-order valence-corrected chi connectivity index (χ4v) is 2.61. The number of rotatable bonds is 6. The fourth-order valence-electron chi connectivity index (χ4n) is 2.61. The van der Waals surface area contributed by atoms with Crippen molar-refractivity contribution in [1.29, 1.82) is 0 Å². The number of hydrogen-bond acceptors (Lipinski definition) is 7. The predicted octanol–water partition coefficient (Wildman–Crippen LogP) is -0.709. The van der Waals surface area contributed by atoms with Crippen molar-refractivity contribution in [3.8, 4) is 0 Å². The lowest BCUT2D eigenvalue weighted by Crippen LogP contribution is -2.53. The number of carbonyl (C=O) groups is 2. The van der Waals surface area contributed by atoms with Crippen molar-refractivity contribution in [2.45, 2.75) is 19.9 Å². The Kier molecular flexibility index (Phi) is 6.73. The van der Waals surface area contributed by atoms with E-state index in [1.165, 1.54) is 0 Å². The van der Waals surface area contributed by atoms with Gasteiger partial charge < -0.3 is 25.8 Å². The van der Waals surface area contributed by atoms with Gasteiger partial charge in [0.25, 0.3) is 0 Å². The first-order valence-electron chi connectivity index (χ1n) is 8.86. The zero-order valence-corrected chi connectivity index (χ0v) is 16.0. The average molecular weight is 363 g/mol. The second kappa shape index (κ2) is 8.79. The molecule has 9 heteroatoms. The Balaban J connectivity index is 1.83. The summed E-state index contributed by atoms with van der Waals surface area (Å²) in [6.07, 6.45) is 1.74. The summed E-state index contributed by atoms with van der Waals surface area (Å²) in [5.41, 5.74) is 5.78. The first kappa shape index (κ1) is 19.9. The normalized spacial score (nSPS) is 15.8. The molecule has 144 valence electrons. The Labute approximate surface area is 154 Å². The van der Waals surface area contributed by atoms with Gasteiger partial charge in [0, 0.05) is 46.5 Å².